The van der Waals surface area contributed by atoms with Gasteiger partial charge < -0.3 is 29.9 Å². The molecule has 11 heteroatoms. The summed E-state index contributed by atoms with van der Waals surface area (Å²) in [6.07, 6.45) is 4.62. The van der Waals surface area contributed by atoms with Crippen LogP contribution in [0, 0.1) is 5.82 Å². The van der Waals surface area contributed by atoms with Crippen molar-refractivity contribution in [2.75, 3.05) is 32.1 Å². The highest BCUT2D eigenvalue weighted by Crippen LogP contribution is 2.33. The van der Waals surface area contributed by atoms with E-state index < -0.39 is 17.3 Å². The number of carbonyl (C=O) groups excluding carboxylic acids is 3. The number of methoxy groups -OCH3 is 1. The number of hydrogen-bond donors (Lipinski definition) is 2. The van der Waals surface area contributed by atoms with E-state index in [1.54, 1.807) is 42.5 Å². The summed E-state index contributed by atoms with van der Waals surface area (Å²) in [6.45, 7) is 7.18. The second kappa shape index (κ2) is 13.2. The molecule has 0 bridgehead atoms. The standard InChI is InChI=1S/C33H40FN5O5/c1-33(2,3)44-32(42)38-14-12-26(13-15-38)39(25-9-10-25)31(41)23-18-35-29(36-19-23)22-8-11-27(28(34)17-22)30(40)37-24-7-5-6-21(16-24)20-43-4/h5-8,11,16-18,25-26H,9-10,12-15,19-20H2,1-4H3,(H,35,36)(H,37,40). The zero-order chi connectivity index (χ0) is 31.4. The smallest absolute Gasteiger partial charge is 0.410 e. The lowest BCUT2D eigenvalue weighted by Crippen LogP contribution is -2.51. The minimum atomic E-state index is -0.680. The fourth-order valence-corrected chi connectivity index (χ4v) is 5.47. The summed E-state index contributed by atoms with van der Waals surface area (Å²) in [4.78, 5) is 47.1. The van der Waals surface area contributed by atoms with Gasteiger partial charge in [-0.25, -0.2) is 9.18 Å². The van der Waals surface area contributed by atoms with Crippen LogP contribution in [0.1, 0.15) is 67.9 Å². The second-order valence-corrected chi connectivity index (χ2v) is 12.4. The third-order valence-electron chi connectivity index (χ3n) is 7.73. The van der Waals surface area contributed by atoms with Crippen molar-refractivity contribution in [2.24, 2.45) is 4.99 Å². The zero-order valence-corrected chi connectivity index (χ0v) is 25.7. The largest absolute Gasteiger partial charge is 0.444 e. The Kier molecular flexibility index (Phi) is 9.33. The molecule has 2 aromatic carbocycles. The molecule has 2 aromatic rings. The first-order valence-electron chi connectivity index (χ1n) is 15.0. The Balaban J connectivity index is 1.18. The maximum absolute atomic E-state index is 15.1. The normalized spacial score (nSPS) is 17.2. The number of aliphatic imine (C=N–C) groups is 1. The number of hydrogen-bond acceptors (Lipinski definition) is 7. The molecule has 1 saturated heterocycles. The molecule has 234 valence electrons. The number of nitrogens with one attached hydrogen (secondary N) is 2. The molecule has 2 N–H and O–H groups in total. The minimum absolute atomic E-state index is 0.0372. The highest BCUT2D eigenvalue weighted by Gasteiger charge is 2.40. The van der Waals surface area contributed by atoms with E-state index in [1.165, 1.54) is 12.1 Å². The van der Waals surface area contributed by atoms with Crippen molar-refractivity contribution in [3.63, 3.8) is 0 Å². The van der Waals surface area contributed by atoms with Crippen LogP contribution in [0.3, 0.4) is 0 Å². The van der Waals surface area contributed by atoms with E-state index in [2.05, 4.69) is 15.6 Å². The second-order valence-electron chi connectivity index (χ2n) is 12.4. The lowest BCUT2D eigenvalue weighted by molar-refractivity contribution is -0.131. The van der Waals surface area contributed by atoms with Gasteiger partial charge in [0, 0.05) is 49.7 Å². The molecule has 5 rings (SSSR count). The Morgan fingerprint density at radius 2 is 1.80 bits per heavy atom. The number of halogens is 1. The number of ether oxygens (including phenoxy) is 2. The molecule has 1 aliphatic carbocycles. The van der Waals surface area contributed by atoms with Crippen molar-refractivity contribution in [2.45, 2.75) is 70.7 Å². The molecule has 10 nitrogen and oxygen atoms in total. The maximum atomic E-state index is 15.1. The summed E-state index contributed by atoms with van der Waals surface area (Å²) in [7, 11) is 1.59. The summed E-state index contributed by atoms with van der Waals surface area (Å²) in [6, 6.07) is 11.7. The third kappa shape index (κ3) is 7.63. The van der Waals surface area contributed by atoms with Crippen LogP contribution < -0.4 is 10.6 Å². The minimum Gasteiger partial charge on any atom is -0.444 e. The fourth-order valence-electron chi connectivity index (χ4n) is 5.47. The van der Waals surface area contributed by atoms with Crippen molar-refractivity contribution >= 4 is 29.4 Å². The van der Waals surface area contributed by atoms with E-state index in [9.17, 15) is 14.4 Å². The fraction of sp³-hybridized carbons (Fsp3) is 0.455. The summed E-state index contributed by atoms with van der Waals surface area (Å²) in [5.41, 5.74) is 1.79. The van der Waals surface area contributed by atoms with Gasteiger partial charge in [0.05, 0.1) is 24.3 Å². The SMILES string of the molecule is COCc1cccc(NC(=O)c2ccc(C3=NCC(C(=O)N(C4CC4)C4CCN(C(=O)OC(C)(C)C)CC4)=CN3)cc2F)c1. The molecule has 3 amide bonds. The molecule has 0 spiro atoms. The summed E-state index contributed by atoms with van der Waals surface area (Å²) in [5.74, 6) is -0.886. The first-order chi connectivity index (χ1) is 21.0. The molecule has 1 saturated carbocycles. The number of benzene rings is 2. The van der Waals surface area contributed by atoms with Crippen LogP contribution in [0.15, 0.2) is 59.2 Å². The Bertz CT molecular complexity index is 1470. The van der Waals surface area contributed by atoms with Gasteiger partial charge in [-0.05, 0) is 76.3 Å². The van der Waals surface area contributed by atoms with Crippen LogP contribution in [0.2, 0.25) is 0 Å². The average molecular weight is 606 g/mol. The van der Waals surface area contributed by atoms with Crippen LogP contribution in [0.25, 0.3) is 0 Å². The van der Waals surface area contributed by atoms with E-state index in [0.717, 1.165) is 18.4 Å². The van der Waals surface area contributed by atoms with Crippen molar-refractivity contribution in [3.8, 4) is 0 Å². The molecule has 3 aliphatic rings. The molecular formula is C33H40FN5O5. The molecule has 2 aliphatic heterocycles. The van der Waals surface area contributed by atoms with Gasteiger partial charge in [-0.1, -0.05) is 18.2 Å². The van der Waals surface area contributed by atoms with Crippen molar-refractivity contribution < 1.29 is 28.2 Å². The van der Waals surface area contributed by atoms with E-state index in [-0.39, 0.29) is 36.2 Å². The van der Waals surface area contributed by atoms with Gasteiger partial charge in [0.1, 0.15) is 17.3 Å². The van der Waals surface area contributed by atoms with Gasteiger partial charge >= 0.3 is 6.09 Å². The Labute approximate surface area is 257 Å². The van der Waals surface area contributed by atoms with Gasteiger partial charge in [-0.15, -0.1) is 0 Å². The maximum Gasteiger partial charge on any atom is 0.410 e. The number of rotatable bonds is 8. The predicted octanol–water partition coefficient (Wildman–Crippen LogP) is 4.85. The molecule has 0 radical (unpaired) electrons. The number of likely N-dealkylation sites (tertiary alicyclic amines) is 1. The van der Waals surface area contributed by atoms with Crippen LogP contribution >= 0.6 is 0 Å². The summed E-state index contributed by atoms with van der Waals surface area (Å²) >= 11 is 0. The van der Waals surface area contributed by atoms with E-state index >= 15 is 4.39 Å². The number of nitrogens with zero attached hydrogens (tertiary/aromatic N) is 3. The van der Waals surface area contributed by atoms with Crippen LogP contribution in [0.5, 0.6) is 0 Å². The third-order valence-corrected chi connectivity index (χ3v) is 7.73. The first-order valence-corrected chi connectivity index (χ1v) is 15.0. The van der Waals surface area contributed by atoms with Gasteiger partial charge in [0.2, 0.25) is 0 Å². The molecular weight excluding hydrogens is 565 g/mol. The van der Waals surface area contributed by atoms with E-state index in [4.69, 9.17) is 9.47 Å². The van der Waals surface area contributed by atoms with Gasteiger partial charge in [0.25, 0.3) is 11.8 Å². The van der Waals surface area contributed by atoms with Crippen molar-refractivity contribution in [3.05, 3.63) is 76.7 Å². The lowest BCUT2D eigenvalue weighted by Gasteiger charge is -2.39. The zero-order valence-electron chi connectivity index (χ0n) is 25.7. The van der Waals surface area contributed by atoms with E-state index in [1.807, 2.05) is 31.7 Å². The molecule has 2 fully saturated rings. The molecule has 0 unspecified atom stereocenters. The van der Waals surface area contributed by atoms with Crippen molar-refractivity contribution in [1.29, 1.82) is 0 Å². The highest BCUT2D eigenvalue weighted by atomic mass is 19.1. The predicted molar refractivity (Wildman–Crippen MR) is 165 cm³/mol. The van der Waals surface area contributed by atoms with Crippen LogP contribution in [-0.4, -0.2) is 78.0 Å². The lowest BCUT2D eigenvalue weighted by atomic mass is 10.0. The quantitative estimate of drug-likeness (QED) is 0.445. The van der Waals surface area contributed by atoms with Crippen molar-refractivity contribution in [1.82, 2.24) is 15.1 Å². The molecule has 2 heterocycles. The average Bonchev–Trinajstić information content (AvgIpc) is 3.82. The van der Waals surface area contributed by atoms with Gasteiger partial charge in [0.15, 0.2) is 0 Å². The van der Waals surface area contributed by atoms with Gasteiger partial charge in [-0.3, -0.25) is 14.6 Å². The highest BCUT2D eigenvalue weighted by molar-refractivity contribution is 6.06. The molecule has 0 aromatic heterocycles. The first kappa shape index (κ1) is 31.2. The van der Waals surface area contributed by atoms with Crippen LogP contribution in [0.4, 0.5) is 14.9 Å². The Hall–Kier alpha value is -4.25. The molecule has 44 heavy (non-hydrogen) atoms. The number of piperidine rings is 1. The Morgan fingerprint density at radius 1 is 1.07 bits per heavy atom. The summed E-state index contributed by atoms with van der Waals surface area (Å²) in [5, 5.41) is 5.78. The topological polar surface area (TPSA) is 113 Å². The summed E-state index contributed by atoms with van der Waals surface area (Å²) < 4.78 is 25.7. The Morgan fingerprint density at radius 3 is 2.41 bits per heavy atom. The van der Waals surface area contributed by atoms with Crippen LogP contribution in [-0.2, 0) is 20.9 Å². The number of amidine groups is 1. The monoisotopic (exact) mass is 605 g/mol. The number of carbonyl (C=O) groups is 3. The number of amides is 3. The molecule has 0 atom stereocenters. The number of anilines is 1. The van der Waals surface area contributed by atoms with E-state index in [0.29, 0.717) is 55.2 Å². The van der Waals surface area contributed by atoms with Gasteiger partial charge in [-0.2, -0.15) is 0 Å².